The summed E-state index contributed by atoms with van der Waals surface area (Å²) in [6, 6.07) is 5.04. The molecule has 3 heterocycles. The number of aromatic nitrogens is 3. The third kappa shape index (κ3) is 3.09. The first-order valence-corrected chi connectivity index (χ1v) is 7.64. The molecule has 0 unspecified atom stereocenters. The second-order valence-electron chi connectivity index (χ2n) is 5.49. The van der Waals surface area contributed by atoms with Crippen molar-refractivity contribution >= 4 is 17.5 Å². The predicted molar refractivity (Wildman–Crippen MR) is 90.1 cm³/mol. The van der Waals surface area contributed by atoms with Crippen LogP contribution in [0, 0.1) is 0 Å². The van der Waals surface area contributed by atoms with Crippen molar-refractivity contribution in [3.05, 3.63) is 42.2 Å². The number of hydrogen-bond donors (Lipinski definition) is 2. The lowest BCUT2D eigenvalue weighted by molar-refractivity contribution is 0.0789. The maximum absolute atomic E-state index is 12.8. The summed E-state index contributed by atoms with van der Waals surface area (Å²) in [5.41, 5.74) is 6.31. The smallest absolute Gasteiger partial charge is 0.271 e. The van der Waals surface area contributed by atoms with Crippen molar-refractivity contribution < 1.29 is 14.0 Å². The number of hydrogen-bond acceptors (Lipinski definition) is 6. The van der Waals surface area contributed by atoms with Gasteiger partial charge in [-0.1, -0.05) is 0 Å². The normalized spacial score (nSPS) is 11.0. The molecule has 3 aromatic heterocycles. The Morgan fingerprint density at radius 3 is 2.88 bits per heavy atom. The molecule has 9 heteroatoms. The number of primary amides is 1. The van der Waals surface area contributed by atoms with Crippen LogP contribution in [-0.2, 0) is 0 Å². The highest BCUT2D eigenvalue weighted by Crippen LogP contribution is 2.22. The van der Waals surface area contributed by atoms with Gasteiger partial charge >= 0.3 is 0 Å². The fraction of sp³-hybridized carbons (Fsp3) is 0.250. The Labute approximate surface area is 143 Å². The van der Waals surface area contributed by atoms with E-state index in [0.29, 0.717) is 30.2 Å². The standard InChI is InChI=1S/C16H18N6O3/c1-18-5-6-21(2)16(24)11-8-10(12-4-3-7-25-12)20-15-13(14(17)23)19-9-22(11)15/h3-4,7-9,18H,5-6H2,1-2H3,(H2,17,23). The minimum Gasteiger partial charge on any atom is -0.463 e. The lowest BCUT2D eigenvalue weighted by atomic mass is 10.2. The van der Waals surface area contributed by atoms with Crippen LogP contribution in [0.3, 0.4) is 0 Å². The van der Waals surface area contributed by atoms with E-state index >= 15 is 0 Å². The topological polar surface area (TPSA) is 119 Å². The molecule has 0 fully saturated rings. The average molecular weight is 342 g/mol. The Bertz CT molecular complexity index is 915. The Kier molecular flexibility index (Phi) is 4.48. The van der Waals surface area contributed by atoms with Crippen molar-refractivity contribution in [3.63, 3.8) is 0 Å². The molecule has 0 saturated carbocycles. The molecule has 130 valence electrons. The number of furan rings is 1. The Hall–Kier alpha value is -3.20. The molecule has 0 aliphatic heterocycles. The van der Waals surface area contributed by atoms with Gasteiger partial charge in [0.05, 0.1) is 6.26 Å². The maximum Gasteiger partial charge on any atom is 0.271 e. The molecular weight excluding hydrogens is 324 g/mol. The van der Waals surface area contributed by atoms with Gasteiger partial charge in [0, 0.05) is 20.1 Å². The molecule has 0 aromatic carbocycles. The van der Waals surface area contributed by atoms with E-state index < -0.39 is 5.91 Å². The second-order valence-corrected chi connectivity index (χ2v) is 5.49. The number of carbonyl (C=O) groups is 2. The summed E-state index contributed by atoms with van der Waals surface area (Å²) < 4.78 is 6.83. The first-order valence-electron chi connectivity index (χ1n) is 7.64. The van der Waals surface area contributed by atoms with Crippen LogP contribution in [0.25, 0.3) is 17.1 Å². The third-order valence-electron chi connectivity index (χ3n) is 3.77. The van der Waals surface area contributed by atoms with E-state index in [9.17, 15) is 9.59 Å². The van der Waals surface area contributed by atoms with Gasteiger partial charge in [-0.25, -0.2) is 9.97 Å². The molecule has 0 radical (unpaired) electrons. The van der Waals surface area contributed by atoms with Gasteiger partial charge in [-0.15, -0.1) is 0 Å². The van der Waals surface area contributed by atoms with E-state index in [1.54, 1.807) is 30.1 Å². The van der Waals surface area contributed by atoms with Crippen LogP contribution >= 0.6 is 0 Å². The SMILES string of the molecule is CNCCN(C)C(=O)c1cc(-c2ccco2)nc2c(C(N)=O)ncn12. The Morgan fingerprint density at radius 2 is 2.24 bits per heavy atom. The van der Waals surface area contributed by atoms with E-state index in [1.165, 1.54) is 17.0 Å². The molecule has 3 rings (SSSR count). The van der Waals surface area contributed by atoms with Crippen molar-refractivity contribution in [1.29, 1.82) is 0 Å². The molecular formula is C16H18N6O3. The molecule has 3 N–H and O–H groups in total. The van der Waals surface area contributed by atoms with Gasteiger partial charge in [0.2, 0.25) is 0 Å². The van der Waals surface area contributed by atoms with Gasteiger partial charge in [-0.2, -0.15) is 0 Å². The fourth-order valence-corrected chi connectivity index (χ4v) is 2.44. The first kappa shape index (κ1) is 16.7. The molecule has 0 atom stereocenters. The van der Waals surface area contributed by atoms with Crippen molar-refractivity contribution in [2.75, 3.05) is 27.2 Å². The van der Waals surface area contributed by atoms with Crippen LogP contribution in [0.2, 0.25) is 0 Å². The van der Waals surface area contributed by atoms with Gasteiger partial charge in [0.1, 0.15) is 17.7 Å². The summed E-state index contributed by atoms with van der Waals surface area (Å²) in [5, 5.41) is 2.99. The molecule has 2 amide bonds. The highest BCUT2D eigenvalue weighted by Gasteiger charge is 2.22. The highest BCUT2D eigenvalue weighted by atomic mass is 16.3. The van der Waals surface area contributed by atoms with Crippen LogP contribution in [0.5, 0.6) is 0 Å². The fourth-order valence-electron chi connectivity index (χ4n) is 2.44. The minimum atomic E-state index is -0.714. The van der Waals surface area contributed by atoms with E-state index in [2.05, 4.69) is 15.3 Å². The summed E-state index contributed by atoms with van der Waals surface area (Å²) in [5.74, 6) is -0.469. The molecule has 0 saturated heterocycles. The summed E-state index contributed by atoms with van der Waals surface area (Å²) in [6.45, 7) is 1.17. The minimum absolute atomic E-state index is 0.000309. The number of nitrogens with zero attached hydrogens (tertiary/aromatic N) is 4. The zero-order valence-corrected chi connectivity index (χ0v) is 13.9. The molecule has 9 nitrogen and oxygen atoms in total. The zero-order valence-electron chi connectivity index (χ0n) is 13.9. The maximum atomic E-state index is 12.8. The number of nitrogens with one attached hydrogen (secondary N) is 1. The number of carbonyl (C=O) groups excluding carboxylic acids is 2. The van der Waals surface area contributed by atoms with Crippen LogP contribution in [0.1, 0.15) is 21.0 Å². The summed E-state index contributed by atoms with van der Waals surface area (Å²) in [6.07, 6.45) is 2.88. The van der Waals surface area contributed by atoms with E-state index in [1.807, 2.05) is 7.05 Å². The summed E-state index contributed by atoms with van der Waals surface area (Å²) in [4.78, 5) is 34.4. The van der Waals surface area contributed by atoms with Crippen molar-refractivity contribution in [2.45, 2.75) is 0 Å². The Balaban J connectivity index is 2.16. The molecule has 0 bridgehead atoms. The second kappa shape index (κ2) is 6.73. The monoisotopic (exact) mass is 342 g/mol. The van der Waals surface area contributed by atoms with Crippen molar-refractivity contribution in [2.24, 2.45) is 5.73 Å². The first-order chi connectivity index (χ1) is 12.0. The molecule has 3 aromatic rings. The number of nitrogens with two attached hydrogens (primary N) is 1. The van der Waals surface area contributed by atoms with Crippen molar-refractivity contribution in [3.8, 4) is 11.5 Å². The average Bonchev–Trinajstić information content (AvgIpc) is 3.27. The van der Waals surface area contributed by atoms with Crippen LogP contribution in [-0.4, -0.2) is 58.3 Å². The van der Waals surface area contributed by atoms with Crippen molar-refractivity contribution in [1.82, 2.24) is 24.6 Å². The largest absolute Gasteiger partial charge is 0.463 e. The van der Waals surface area contributed by atoms with E-state index in [0.717, 1.165) is 0 Å². The van der Waals surface area contributed by atoms with Gasteiger partial charge in [-0.05, 0) is 25.2 Å². The van der Waals surface area contributed by atoms with Gasteiger partial charge in [-0.3, -0.25) is 14.0 Å². The van der Waals surface area contributed by atoms with E-state index in [4.69, 9.17) is 10.2 Å². The zero-order chi connectivity index (χ0) is 18.0. The molecule has 25 heavy (non-hydrogen) atoms. The number of rotatable bonds is 6. The molecule has 0 spiro atoms. The lowest BCUT2D eigenvalue weighted by Crippen LogP contribution is -2.33. The van der Waals surface area contributed by atoms with Gasteiger partial charge in [0.15, 0.2) is 17.1 Å². The van der Waals surface area contributed by atoms with E-state index in [-0.39, 0.29) is 17.2 Å². The molecule has 0 aliphatic carbocycles. The number of amides is 2. The third-order valence-corrected chi connectivity index (χ3v) is 3.77. The predicted octanol–water partition coefficient (Wildman–Crippen LogP) is 0.380. The van der Waals surface area contributed by atoms with Crippen LogP contribution in [0.4, 0.5) is 0 Å². The number of likely N-dealkylation sites (N-methyl/N-ethyl adjacent to an activating group) is 2. The number of imidazole rings is 1. The summed E-state index contributed by atoms with van der Waals surface area (Å²) >= 11 is 0. The van der Waals surface area contributed by atoms with Crippen LogP contribution < -0.4 is 11.1 Å². The Morgan fingerprint density at radius 1 is 1.44 bits per heavy atom. The lowest BCUT2D eigenvalue weighted by Gasteiger charge is -2.18. The highest BCUT2D eigenvalue weighted by molar-refractivity contribution is 5.99. The van der Waals surface area contributed by atoms with Gasteiger partial charge in [0.25, 0.3) is 11.8 Å². The van der Waals surface area contributed by atoms with Crippen LogP contribution in [0.15, 0.2) is 35.2 Å². The summed E-state index contributed by atoms with van der Waals surface area (Å²) in [7, 11) is 3.51. The van der Waals surface area contributed by atoms with Gasteiger partial charge < -0.3 is 20.4 Å². The molecule has 0 aliphatic rings. The quantitative estimate of drug-likeness (QED) is 0.668. The number of fused-ring (bicyclic) bond motifs is 1.